The smallest absolute Gasteiger partial charge is 0.348 e. The van der Waals surface area contributed by atoms with Gasteiger partial charge in [0, 0.05) is 13.5 Å². The minimum atomic E-state index is -4.05. The van der Waals surface area contributed by atoms with Crippen LogP contribution in [-0.2, 0) is 28.7 Å². The van der Waals surface area contributed by atoms with Crippen molar-refractivity contribution in [3.8, 4) is 0 Å². The molecule has 1 aromatic carbocycles. The third kappa shape index (κ3) is 6.56. The van der Waals surface area contributed by atoms with Crippen molar-refractivity contribution in [1.82, 2.24) is 4.90 Å². The molecule has 0 saturated heterocycles. The van der Waals surface area contributed by atoms with Crippen LogP contribution in [0.2, 0.25) is 0 Å². The van der Waals surface area contributed by atoms with Gasteiger partial charge in [0.2, 0.25) is 15.9 Å². The second-order valence-corrected chi connectivity index (χ2v) is 15.3. The van der Waals surface area contributed by atoms with E-state index >= 15 is 0 Å². The van der Waals surface area contributed by atoms with Gasteiger partial charge >= 0.3 is 7.52 Å². The van der Waals surface area contributed by atoms with Crippen LogP contribution >= 0.6 is 7.52 Å². The van der Waals surface area contributed by atoms with E-state index in [1.54, 1.807) is 11.8 Å². The van der Waals surface area contributed by atoms with Crippen molar-refractivity contribution >= 4 is 51.9 Å². The third-order valence-corrected chi connectivity index (χ3v) is 9.57. The largest absolute Gasteiger partial charge is 0.509 e. The van der Waals surface area contributed by atoms with E-state index in [9.17, 15) is 27.7 Å². The Morgan fingerprint density at radius 2 is 1.95 bits per heavy atom. The second-order valence-electron chi connectivity index (χ2n) is 11.5. The minimum absolute atomic E-state index is 0.00683. The molecule has 3 rings (SSSR count). The van der Waals surface area contributed by atoms with Crippen molar-refractivity contribution in [1.29, 1.82) is 0 Å². The molecule has 2 aliphatic rings. The van der Waals surface area contributed by atoms with Crippen LogP contribution in [-0.4, -0.2) is 61.5 Å². The first kappa shape index (κ1) is 30.8. The van der Waals surface area contributed by atoms with Crippen molar-refractivity contribution in [2.75, 3.05) is 29.0 Å². The summed E-state index contributed by atoms with van der Waals surface area (Å²) in [6.45, 7) is 13.4. The number of amides is 2. The normalized spacial score (nSPS) is 21.7. The summed E-state index contributed by atoms with van der Waals surface area (Å²) in [4.78, 5) is 27.4. The predicted octanol–water partition coefficient (Wildman–Crippen LogP) is 4.18. The predicted molar refractivity (Wildman–Crippen MR) is 153 cm³/mol. The Labute approximate surface area is 230 Å². The number of aliphatic hydroxyl groups excluding tert-OH is 1. The first-order valence-electron chi connectivity index (χ1n) is 12.9. The number of amidine groups is 1. The van der Waals surface area contributed by atoms with Crippen molar-refractivity contribution in [2.24, 2.45) is 16.1 Å². The Balaban J connectivity index is 2.12. The Morgan fingerprint density at radius 3 is 2.46 bits per heavy atom. The molecule has 39 heavy (non-hydrogen) atoms. The molecule has 216 valence electrons. The van der Waals surface area contributed by atoms with Crippen molar-refractivity contribution < 1.29 is 32.2 Å². The molecular weight excluding hydrogens is 543 g/mol. The van der Waals surface area contributed by atoms with Gasteiger partial charge < -0.3 is 19.8 Å². The van der Waals surface area contributed by atoms with E-state index in [1.807, 2.05) is 13.8 Å². The lowest BCUT2D eigenvalue weighted by molar-refractivity contribution is -0.127. The molecule has 0 bridgehead atoms. The number of hydrogen-bond acceptors (Lipinski definition) is 8. The molecule has 0 saturated carbocycles. The van der Waals surface area contributed by atoms with Crippen LogP contribution in [0, 0.1) is 11.3 Å². The number of sulfonamides is 1. The Kier molecular flexibility index (Phi) is 8.75. The van der Waals surface area contributed by atoms with Gasteiger partial charge in [0.25, 0.3) is 5.91 Å². The molecule has 0 spiro atoms. The molecule has 2 aliphatic heterocycles. The fourth-order valence-electron chi connectivity index (χ4n) is 4.65. The molecule has 2 atom stereocenters. The summed E-state index contributed by atoms with van der Waals surface area (Å²) >= 11 is 0. The Bertz CT molecular complexity index is 1380. The van der Waals surface area contributed by atoms with E-state index < -0.39 is 35.4 Å². The van der Waals surface area contributed by atoms with Gasteiger partial charge in [0.1, 0.15) is 11.3 Å². The molecule has 2 heterocycles. The fraction of sp³-hybridized carbons (Fsp3) is 0.577. The van der Waals surface area contributed by atoms with E-state index in [2.05, 4.69) is 30.9 Å². The van der Waals surface area contributed by atoms with Crippen LogP contribution in [0.25, 0.3) is 0 Å². The molecule has 2 N–H and O–H groups in total. The molecule has 11 nitrogen and oxygen atoms in total. The van der Waals surface area contributed by atoms with Crippen LogP contribution < -0.4 is 14.9 Å². The number of nitrogens with one attached hydrogen (secondary N) is 1. The van der Waals surface area contributed by atoms with Crippen molar-refractivity contribution in [3.63, 3.8) is 0 Å². The topological polar surface area (TPSA) is 146 Å². The molecule has 2 unspecified atom stereocenters. The monoisotopic (exact) mass is 582 g/mol. The molecule has 0 radical (unpaired) electrons. The van der Waals surface area contributed by atoms with Gasteiger partial charge in [-0.1, -0.05) is 34.6 Å². The number of aliphatic hydroxyl groups is 1. The fourth-order valence-corrected chi connectivity index (χ4v) is 7.41. The highest BCUT2D eigenvalue weighted by atomic mass is 32.2. The quantitative estimate of drug-likeness (QED) is 0.413. The number of carbonyl (C=O) groups is 2. The van der Waals surface area contributed by atoms with Gasteiger partial charge in [0.15, 0.2) is 5.84 Å². The Hall–Kier alpha value is -2.69. The highest BCUT2D eigenvalue weighted by Gasteiger charge is 2.45. The number of nitrogens with zero attached hydrogens (tertiary/aromatic N) is 3. The maximum atomic E-state index is 14.1. The molecule has 1 aromatic rings. The summed E-state index contributed by atoms with van der Waals surface area (Å²) in [6, 6.07) is 3.57. The van der Waals surface area contributed by atoms with Gasteiger partial charge in [-0.05, 0) is 49.3 Å². The standard InChI is InChI=1S/C26H39N4O7PS/c1-9-37-38(34)21-15-18(30(17(4)31)39(8,35)36)10-11-19(21)27-24(28-38)22-23(32)20(14-16(2)3)29(25(22)33)13-12-26(5,6)7/h10-11,15-16,20,32H,9,12-14H2,1-8H3,(H,27,28,34). The second kappa shape index (κ2) is 11.1. The molecule has 2 amide bonds. The number of carbonyl (C=O) groups excluding carboxylic acids is 2. The summed E-state index contributed by atoms with van der Waals surface area (Å²) in [7, 11) is -8.01. The molecule has 0 fully saturated rings. The number of anilines is 2. The summed E-state index contributed by atoms with van der Waals surface area (Å²) < 4.78 is 49.1. The molecule has 0 aromatic heterocycles. The van der Waals surface area contributed by atoms with Gasteiger partial charge in [-0.25, -0.2) is 12.7 Å². The maximum Gasteiger partial charge on any atom is 0.348 e. The lowest BCUT2D eigenvalue weighted by atomic mass is 9.91. The van der Waals surface area contributed by atoms with Gasteiger partial charge in [-0.15, -0.1) is 0 Å². The first-order chi connectivity index (χ1) is 17.9. The Morgan fingerprint density at radius 1 is 1.31 bits per heavy atom. The molecule has 0 aliphatic carbocycles. The lowest BCUT2D eigenvalue weighted by Crippen LogP contribution is -2.39. The maximum absolute atomic E-state index is 14.1. The number of rotatable bonds is 9. The average Bonchev–Trinajstić information content (AvgIpc) is 2.99. The van der Waals surface area contributed by atoms with E-state index in [1.165, 1.54) is 18.2 Å². The summed E-state index contributed by atoms with van der Waals surface area (Å²) in [6.07, 6.45) is 2.14. The van der Waals surface area contributed by atoms with Gasteiger partial charge in [0.05, 0.1) is 35.6 Å². The van der Waals surface area contributed by atoms with Gasteiger partial charge in [-0.2, -0.15) is 4.76 Å². The summed E-state index contributed by atoms with van der Waals surface area (Å²) in [5, 5.41) is 14.3. The molecule has 13 heteroatoms. The zero-order valence-electron chi connectivity index (χ0n) is 23.8. The minimum Gasteiger partial charge on any atom is -0.509 e. The van der Waals surface area contributed by atoms with E-state index in [4.69, 9.17) is 4.52 Å². The van der Waals surface area contributed by atoms with E-state index in [-0.39, 0.29) is 51.8 Å². The average molecular weight is 583 g/mol. The third-order valence-electron chi connectivity index (χ3n) is 6.38. The number of hydrogen-bond donors (Lipinski definition) is 2. The zero-order chi connectivity index (χ0) is 29.5. The molecular formula is C26H39N4O7PS. The van der Waals surface area contributed by atoms with Crippen molar-refractivity contribution in [2.45, 2.75) is 67.3 Å². The highest BCUT2D eigenvalue weighted by Crippen LogP contribution is 2.53. The van der Waals surface area contributed by atoms with Crippen LogP contribution in [0.3, 0.4) is 0 Å². The van der Waals surface area contributed by atoms with Gasteiger partial charge in [-0.3, -0.25) is 14.2 Å². The number of fused-ring (bicyclic) bond motifs is 1. The van der Waals surface area contributed by atoms with Crippen LogP contribution in [0.4, 0.5) is 11.4 Å². The van der Waals surface area contributed by atoms with E-state index in [0.29, 0.717) is 23.7 Å². The van der Waals surface area contributed by atoms with Crippen LogP contribution in [0.1, 0.15) is 61.3 Å². The zero-order valence-corrected chi connectivity index (χ0v) is 25.5. The van der Waals surface area contributed by atoms with Crippen molar-refractivity contribution in [3.05, 3.63) is 29.5 Å². The van der Waals surface area contributed by atoms with Crippen LogP contribution in [0.15, 0.2) is 34.3 Å². The number of benzene rings is 1. The lowest BCUT2D eigenvalue weighted by Gasteiger charge is -2.30. The highest BCUT2D eigenvalue weighted by molar-refractivity contribution is 7.92. The summed E-state index contributed by atoms with van der Waals surface area (Å²) in [5.41, 5.74) is 0.140. The van der Waals surface area contributed by atoms with E-state index in [0.717, 1.165) is 13.2 Å². The summed E-state index contributed by atoms with van der Waals surface area (Å²) in [5.74, 6) is -1.19. The van der Waals surface area contributed by atoms with Crippen LogP contribution in [0.5, 0.6) is 0 Å². The first-order valence-corrected chi connectivity index (χ1v) is 16.3. The SMILES string of the molecule is CCOP1(=O)N=C(C2=C(O)C(CC(C)C)N(CCC(C)(C)C)C2=O)Nc2ccc(N(C(C)=O)S(C)(=O)=O)cc21.